The minimum absolute atomic E-state index is 0.0719. The zero-order valence-electron chi connectivity index (χ0n) is 20.8. The highest BCUT2D eigenvalue weighted by Gasteiger charge is 2.37. The van der Waals surface area contributed by atoms with Gasteiger partial charge in [-0.1, -0.05) is 13.0 Å². The largest absolute Gasteiger partial charge is 0.494 e. The second-order valence-electron chi connectivity index (χ2n) is 9.57. The van der Waals surface area contributed by atoms with Crippen LogP contribution < -0.4 is 15.0 Å². The summed E-state index contributed by atoms with van der Waals surface area (Å²) in [5, 5.41) is 2.27. The fourth-order valence-electron chi connectivity index (χ4n) is 4.62. The first-order valence-corrected chi connectivity index (χ1v) is 12.6. The number of rotatable bonds is 6. The highest BCUT2D eigenvalue weighted by Crippen LogP contribution is 2.43. The summed E-state index contributed by atoms with van der Waals surface area (Å²) in [6.45, 7) is 8.80. The van der Waals surface area contributed by atoms with Gasteiger partial charge in [0.25, 0.3) is 11.1 Å². The standard InChI is InChI=1S/C27H31N3O4S/c1-6-34-20-10-8-19(9-11-20)28-24(31)16-30-25(32)23(35-26(30)33)14-18-7-12-22-21(13-18)17(2)15-27(3,4)29(22)5/h7-14,17H,6,15-16H2,1-5H3,(H,28,31)/b23-14-. The van der Waals surface area contributed by atoms with E-state index in [9.17, 15) is 14.4 Å². The number of nitrogens with zero attached hydrogens (tertiary/aromatic N) is 2. The molecule has 0 radical (unpaired) electrons. The zero-order chi connectivity index (χ0) is 25.3. The molecule has 8 heteroatoms. The third kappa shape index (κ3) is 5.22. The van der Waals surface area contributed by atoms with Crippen molar-refractivity contribution in [2.24, 2.45) is 0 Å². The van der Waals surface area contributed by atoms with E-state index in [2.05, 4.69) is 50.2 Å². The predicted octanol–water partition coefficient (Wildman–Crippen LogP) is 5.48. The van der Waals surface area contributed by atoms with Gasteiger partial charge in [-0.3, -0.25) is 19.3 Å². The maximum atomic E-state index is 12.9. The molecule has 1 atom stereocenters. The van der Waals surface area contributed by atoms with Gasteiger partial charge in [0.2, 0.25) is 5.91 Å². The Bertz CT molecular complexity index is 1190. The average Bonchev–Trinajstić information content (AvgIpc) is 3.06. The normalized spacial score (nSPS) is 20.3. The monoisotopic (exact) mass is 493 g/mol. The van der Waals surface area contributed by atoms with E-state index in [-0.39, 0.29) is 12.1 Å². The van der Waals surface area contributed by atoms with Crippen LogP contribution in [0.5, 0.6) is 5.75 Å². The van der Waals surface area contributed by atoms with E-state index in [0.29, 0.717) is 28.9 Å². The molecule has 2 aromatic carbocycles. The number of carbonyl (C=O) groups excluding carboxylic acids is 3. The molecule has 3 amide bonds. The number of ether oxygens (including phenoxy) is 1. The lowest BCUT2D eigenvalue weighted by molar-refractivity contribution is -0.127. The average molecular weight is 494 g/mol. The number of benzene rings is 2. The number of amides is 3. The summed E-state index contributed by atoms with van der Waals surface area (Å²) in [5.74, 6) is 0.191. The first-order valence-electron chi connectivity index (χ1n) is 11.7. The number of fused-ring (bicyclic) bond motifs is 1. The number of hydrogen-bond acceptors (Lipinski definition) is 6. The van der Waals surface area contributed by atoms with Crippen molar-refractivity contribution < 1.29 is 19.1 Å². The van der Waals surface area contributed by atoms with Crippen molar-refractivity contribution in [3.63, 3.8) is 0 Å². The second kappa shape index (κ2) is 9.77. The third-order valence-electron chi connectivity index (χ3n) is 6.58. The lowest BCUT2D eigenvalue weighted by atomic mass is 9.80. The highest BCUT2D eigenvalue weighted by molar-refractivity contribution is 8.18. The van der Waals surface area contributed by atoms with Gasteiger partial charge in [-0.2, -0.15) is 0 Å². The fourth-order valence-corrected chi connectivity index (χ4v) is 5.46. The van der Waals surface area contributed by atoms with E-state index in [1.54, 1.807) is 30.3 Å². The van der Waals surface area contributed by atoms with Crippen LogP contribution in [0.4, 0.5) is 16.2 Å². The summed E-state index contributed by atoms with van der Waals surface area (Å²) in [6.07, 6.45) is 2.77. The van der Waals surface area contributed by atoms with Gasteiger partial charge in [0.1, 0.15) is 12.3 Å². The van der Waals surface area contributed by atoms with Crippen LogP contribution in [-0.4, -0.2) is 47.7 Å². The Morgan fingerprint density at radius 3 is 2.60 bits per heavy atom. The first kappa shape index (κ1) is 24.9. The highest BCUT2D eigenvalue weighted by atomic mass is 32.2. The predicted molar refractivity (Wildman–Crippen MR) is 141 cm³/mol. The van der Waals surface area contributed by atoms with Crippen molar-refractivity contribution in [3.05, 3.63) is 58.5 Å². The fraction of sp³-hybridized carbons (Fsp3) is 0.370. The smallest absolute Gasteiger partial charge is 0.294 e. The van der Waals surface area contributed by atoms with Crippen LogP contribution in [0.2, 0.25) is 0 Å². The second-order valence-corrected chi connectivity index (χ2v) is 10.6. The molecule has 1 fully saturated rings. The molecule has 2 aromatic rings. The molecule has 0 aromatic heterocycles. The topological polar surface area (TPSA) is 79.0 Å². The molecule has 1 N–H and O–H groups in total. The number of imide groups is 1. The summed E-state index contributed by atoms with van der Waals surface area (Å²) in [7, 11) is 2.11. The van der Waals surface area contributed by atoms with Gasteiger partial charge in [-0.15, -0.1) is 0 Å². The van der Waals surface area contributed by atoms with Gasteiger partial charge in [0.15, 0.2) is 0 Å². The van der Waals surface area contributed by atoms with E-state index in [1.165, 1.54) is 11.3 Å². The molecule has 7 nitrogen and oxygen atoms in total. The Hall–Kier alpha value is -3.26. The van der Waals surface area contributed by atoms with E-state index < -0.39 is 17.1 Å². The Balaban J connectivity index is 1.45. The van der Waals surface area contributed by atoms with Gasteiger partial charge >= 0.3 is 0 Å². The minimum atomic E-state index is -0.453. The Labute approximate surface area is 210 Å². The van der Waals surface area contributed by atoms with Crippen LogP contribution in [0.15, 0.2) is 47.4 Å². The van der Waals surface area contributed by atoms with Crippen molar-refractivity contribution in [3.8, 4) is 5.75 Å². The Morgan fingerprint density at radius 1 is 1.20 bits per heavy atom. The number of anilines is 2. The van der Waals surface area contributed by atoms with E-state index in [0.717, 1.165) is 28.6 Å². The van der Waals surface area contributed by atoms with Gasteiger partial charge in [-0.25, -0.2) is 0 Å². The van der Waals surface area contributed by atoms with Crippen LogP contribution in [-0.2, 0) is 9.59 Å². The zero-order valence-corrected chi connectivity index (χ0v) is 21.6. The van der Waals surface area contributed by atoms with Crippen molar-refractivity contribution in [1.82, 2.24) is 4.90 Å². The lowest BCUT2D eigenvalue weighted by Gasteiger charge is -2.45. The molecule has 2 heterocycles. The van der Waals surface area contributed by atoms with Crippen LogP contribution in [0.25, 0.3) is 6.08 Å². The van der Waals surface area contributed by atoms with Gasteiger partial charge in [0, 0.05) is 24.0 Å². The number of nitrogens with one attached hydrogen (secondary N) is 1. The molecule has 35 heavy (non-hydrogen) atoms. The third-order valence-corrected chi connectivity index (χ3v) is 7.49. The Morgan fingerprint density at radius 2 is 1.91 bits per heavy atom. The lowest BCUT2D eigenvalue weighted by Crippen LogP contribution is -2.45. The van der Waals surface area contributed by atoms with E-state index in [4.69, 9.17) is 4.74 Å². The van der Waals surface area contributed by atoms with Crippen LogP contribution in [0.1, 0.15) is 51.2 Å². The van der Waals surface area contributed by atoms with Crippen molar-refractivity contribution in [2.45, 2.75) is 45.6 Å². The number of thioether (sulfide) groups is 1. The molecule has 1 unspecified atom stereocenters. The SMILES string of the molecule is CCOc1ccc(NC(=O)CN2C(=O)S/C(=C\c3ccc4c(c3)C(C)CC(C)(C)N4C)C2=O)cc1. The van der Waals surface area contributed by atoms with Crippen molar-refractivity contribution in [2.75, 3.05) is 30.4 Å². The molecule has 184 valence electrons. The molecule has 2 aliphatic heterocycles. The van der Waals surface area contributed by atoms with Crippen molar-refractivity contribution in [1.29, 1.82) is 0 Å². The first-order chi connectivity index (χ1) is 16.6. The minimum Gasteiger partial charge on any atom is -0.494 e. The van der Waals surface area contributed by atoms with E-state index in [1.807, 2.05) is 13.0 Å². The molecule has 4 rings (SSSR count). The molecule has 1 saturated heterocycles. The number of carbonyl (C=O) groups is 3. The summed E-state index contributed by atoms with van der Waals surface area (Å²) < 4.78 is 5.39. The van der Waals surface area contributed by atoms with Gasteiger partial charge in [-0.05, 0) is 98.5 Å². The molecule has 0 aliphatic carbocycles. The molecule has 2 aliphatic rings. The van der Waals surface area contributed by atoms with Crippen molar-refractivity contribution >= 4 is 46.3 Å². The quantitative estimate of drug-likeness (QED) is 0.537. The summed E-state index contributed by atoms with van der Waals surface area (Å²) in [6, 6.07) is 13.1. The summed E-state index contributed by atoms with van der Waals surface area (Å²) >= 11 is 0.862. The maximum Gasteiger partial charge on any atom is 0.294 e. The number of hydrogen-bond donors (Lipinski definition) is 1. The van der Waals surface area contributed by atoms with Gasteiger partial charge in [0.05, 0.1) is 11.5 Å². The Kier molecular flexibility index (Phi) is 6.94. The van der Waals surface area contributed by atoms with E-state index >= 15 is 0 Å². The molecule has 0 spiro atoms. The summed E-state index contributed by atoms with van der Waals surface area (Å²) in [5.41, 5.74) is 3.92. The maximum absolute atomic E-state index is 12.9. The molecular formula is C27H31N3O4S. The van der Waals surface area contributed by atoms with Crippen LogP contribution in [0, 0.1) is 0 Å². The van der Waals surface area contributed by atoms with Gasteiger partial charge < -0.3 is 15.0 Å². The van der Waals surface area contributed by atoms with Crippen LogP contribution in [0.3, 0.4) is 0 Å². The molecular weight excluding hydrogens is 462 g/mol. The molecule has 0 bridgehead atoms. The van der Waals surface area contributed by atoms with Crippen LogP contribution >= 0.6 is 11.8 Å². The summed E-state index contributed by atoms with van der Waals surface area (Å²) in [4.78, 5) is 41.5. The molecule has 0 saturated carbocycles.